The quantitative estimate of drug-likeness (QED) is 0.809. The van der Waals surface area contributed by atoms with Gasteiger partial charge in [0.1, 0.15) is 5.82 Å². The van der Waals surface area contributed by atoms with Gasteiger partial charge >= 0.3 is 0 Å². The van der Waals surface area contributed by atoms with Crippen LogP contribution in [0.3, 0.4) is 0 Å². The van der Waals surface area contributed by atoms with Gasteiger partial charge in [0.05, 0.1) is 11.9 Å². The van der Waals surface area contributed by atoms with Gasteiger partial charge in [-0.05, 0) is 47.1 Å². The fourth-order valence-corrected chi connectivity index (χ4v) is 3.80. The Hall–Kier alpha value is -1.12. The molecule has 8 heteroatoms. The molecule has 0 saturated carbocycles. The molecule has 2 rings (SSSR count). The van der Waals surface area contributed by atoms with Crippen molar-refractivity contribution in [3.05, 3.63) is 44.3 Å². The van der Waals surface area contributed by atoms with E-state index in [2.05, 4.69) is 26.0 Å². The van der Waals surface area contributed by atoms with E-state index in [0.717, 1.165) is 15.6 Å². The van der Waals surface area contributed by atoms with Crippen molar-refractivity contribution in [3.63, 3.8) is 0 Å². The summed E-state index contributed by atoms with van der Waals surface area (Å²) < 4.78 is 39.1. The highest BCUT2D eigenvalue weighted by Gasteiger charge is 2.09. The van der Waals surface area contributed by atoms with Crippen LogP contribution in [0.4, 0.5) is 15.8 Å². The number of nitrogens with one attached hydrogen (secondary N) is 2. The van der Waals surface area contributed by atoms with Gasteiger partial charge in [-0.25, -0.2) is 12.8 Å². The molecular formula is C13H14BrFN2O2S2. The average Bonchev–Trinajstić information content (AvgIpc) is 2.68. The standard InChI is InChI=1S/C13H14BrFN2O2S2/c1-8-11(14)6-10(20-8)7-16-9-3-4-12(15)13(5-9)17-21(2,18)19/h3-6,16-17H,7H2,1-2H3. The van der Waals surface area contributed by atoms with Crippen molar-refractivity contribution < 1.29 is 12.8 Å². The molecule has 0 saturated heterocycles. The average molecular weight is 393 g/mol. The minimum Gasteiger partial charge on any atom is -0.380 e. The number of thiophene rings is 1. The molecule has 114 valence electrons. The molecule has 2 N–H and O–H groups in total. The van der Waals surface area contributed by atoms with Gasteiger partial charge in [0.15, 0.2) is 0 Å². The van der Waals surface area contributed by atoms with Crippen molar-refractivity contribution in [3.8, 4) is 0 Å². The summed E-state index contributed by atoms with van der Waals surface area (Å²) in [5.41, 5.74) is 0.579. The lowest BCUT2D eigenvalue weighted by Gasteiger charge is -2.09. The maximum atomic E-state index is 13.6. The number of sulfonamides is 1. The predicted octanol–water partition coefficient (Wildman–Crippen LogP) is 3.94. The molecule has 0 aliphatic carbocycles. The minimum atomic E-state index is -3.51. The maximum absolute atomic E-state index is 13.6. The molecule has 1 heterocycles. The number of halogens is 2. The van der Waals surface area contributed by atoms with Gasteiger partial charge in [-0.3, -0.25) is 4.72 Å². The van der Waals surface area contributed by atoms with Crippen LogP contribution in [0.25, 0.3) is 0 Å². The third-order valence-electron chi connectivity index (χ3n) is 2.64. The summed E-state index contributed by atoms with van der Waals surface area (Å²) in [6, 6.07) is 6.25. The van der Waals surface area contributed by atoms with Gasteiger partial charge in [0.2, 0.25) is 10.0 Å². The first-order chi connectivity index (χ1) is 9.74. The number of hydrogen-bond acceptors (Lipinski definition) is 4. The van der Waals surface area contributed by atoms with Gasteiger partial charge in [-0.2, -0.15) is 0 Å². The second-order valence-corrected chi connectivity index (χ2v) is 8.48. The Kier molecular flexibility index (Phi) is 4.90. The Morgan fingerprint density at radius 1 is 1.33 bits per heavy atom. The lowest BCUT2D eigenvalue weighted by molar-refractivity contribution is 0.604. The Balaban J connectivity index is 2.12. The summed E-state index contributed by atoms with van der Waals surface area (Å²) in [6.07, 6.45) is 0.985. The maximum Gasteiger partial charge on any atom is 0.229 e. The molecular weight excluding hydrogens is 379 g/mol. The molecule has 0 amide bonds. The second-order valence-electron chi connectivity index (χ2n) is 4.54. The molecule has 0 bridgehead atoms. The molecule has 0 atom stereocenters. The zero-order valence-corrected chi connectivity index (χ0v) is 14.6. The molecule has 1 aromatic carbocycles. The van der Waals surface area contributed by atoms with Crippen LogP contribution in [0.2, 0.25) is 0 Å². The lowest BCUT2D eigenvalue weighted by Crippen LogP contribution is -2.11. The van der Waals surface area contributed by atoms with Crippen LogP contribution in [0, 0.1) is 12.7 Å². The number of rotatable bonds is 5. The molecule has 0 radical (unpaired) electrons. The van der Waals surface area contributed by atoms with Crippen molar-refractivity contribution in [2.75, 3.05) is 16.3 Å². The minimum absolute atomic E-state index is 0.0639. The summed E-state index contributed by atoms with van der Waals surface area (Å²) in [4.78, 5) is 2.31. The Bertz CT molecular complexity index is 740. The van der Waals surface area contributed by atoms with Crippen molar-refractivity contribution >= 4 is 48.7 Å². The fourth-order valence-electron chi connectivity index (χ4n) is 1.71. The lowest BCUT2D eigenvalue weighted by atomic mass is 10.2. The summed E-state index contributed by atoms with van der Waals surface area (Å²) >= 11 is 5.11. The number of hydrogen-bond donors (Lipinski definition) is 2. The Morgan fingerprint density at radius 2 is 2.05 bits per heavy atom. The highest BCUT2D eigenvalue weighted by Crippen LogP contribution is 2.27. The van der Waals surface area contributed by atoms with Crippen LogP contribution in [-0.2, 0) is 16.6 Å². The van der Waals surface area contributed by atoms with Gasteiger partial charge in [-0.1, -0.05) is 0 Å². The van der Waals surface area contributed by atoms with Crippen molar-refractivity contribution in [2.45, 2.75) is 13.5 Å². The van der Waals surface area contributed by atoms with E-state index < -0.39 is 15.8 Å². The van der Waals surface area contributed by atoms with Crippen LogP contribution in [0.5, 0.6) is 0 Å². The first kappa shape index (κ1) is 16.3. The molecule has 0 aliphatic rings. The molecule has 0 spiro atoms. The summed E-state index contributed by atoms with van der Waals surface area (Å²) in [6.45, 7) is 2.60. The summed E-state index contributed by atoms with van der Waals surface area (Å²) in [5, 5.41) is 3.14. The zero-order valence-electron chi connectivity index (χ0n) is 11.4. The number of benzene rings is 1. The highest BCUT2D eigenvalue weighted by atomic mass is 79.9. The van der Waals surface area contributed by atoms with Crippen molar-refractivity contribution in [2.24, 2.45) is 0 Å². The topological polar surface area (TPSA) is 58.2 Å². The van der Waals surface area contributed by atoms with Gasteiger partial charge < -0.3 is 5.32 Å². The largest absolute Gasteiger partial charge is 0.380 e. The molecule has 2 aromatic rings. The van der Waals surface area contributed by atoms with Crippen LogP contribution in [0.1, 0.15) is 9.75 Å². The van der Waals surface area contributed by atoms with E-state index in [0.29, 0.717) is 12.2 Å². The van der Waals surface area contributed by atoms with E-state index in [9.17, 15) is 12.8 Å². The zero-order chi connectivity index (χ0) is 15.6. The number of anilines is 2. The van der Waals surface area contributed by atoms with Crippen LogP contribution in [-0.4, -0.2) is 14.7 Å². The van der Waals surface area contributed by atoms with Gasteiger partial charge in [0.25, 0.3) is 0 Å². The highest BCUT2D eigenvalue weighted by molar-refractivity contribution is 9.10. The Morgan fingerprint density at radius 3 is 2.62 bits per heavy atom. The summed E-state index contributed by atoms with van der Waals surface area (Å²) in [5.74, 6) is -0.610. The Labute approximate surface area is 135 Å². The molecule has 0 unspecified atom stereocenters. The third kappa shape index (κ3) is 4.69. The van der Waals surface area contributed by atoms with Crippen molar-refractivity contribution in [1.29, 1.82) is 0 Å². The number of aryl methyl sites for hydroxylation is 1. The molecule has 0 aliphatic heterocycles. The monoisotopic (exact) mass is 392 g/mol. The van der Waals surface area contributed by atoms with E-state index in [1.165, 1.54) is 17.0 Å². The smallest absolute Gasteiger partial charge is 0.229 e. The molecule has 1 aromatic heterocycles. The van der Waals surface area contributed by atoms with Crippen LogP contribution < -0.4 is 10.0 Å². The van der Waals surface area contributed by atoms with E-state index in [1.807, 2.05) is 13.0 Å². The first-order valence-corrected chi connectivity index (χ1v) is 9.51. The van der Waals surface area contributed by atoms with Gasteiger partial charge in [0, 0.05) is 26.5 Å². The van der Waals surface area contributed by atoms with Crippen molar-refractivity contribution in [1.82, 2.24) is 0 Å². The molecule has 0 fully saturated rings. The van der Waals surface area contributed by atoms with Crippen LogP contribution >= 0.6 is 27.3 Å². The molecule has 21 heavy (non-hydrogen) atoms. The fraction of sp³-hybridized carbons (Fsp3) is 0.231. The first-order valence-electron chi connectivity index (χ1n) is 6.00. The van der Waals surface area contributed by atoms with E-state index >= 15 is 0 Å². The van der Waals surface area contributed by atoms with E-state index in [4.69, 9.17) is 0 Å². The molecule has 4 nitrogen and oxygen atoms in total. The van der Waals surface area contributed by atoms with E-state index in [-0.39, 0.29) is 5.69 Å². The van der Waals surface area contributed by atoms with Gasteiger partial charge in [-0.15, -0.1) is 11.3 Å². The normalized spacial score (nSPS) is 11.4. The second kappa shape index (κ2) is 6.33. The predicted molar refractivity (Wildman–Crippen MR) is 88.9 cm³/mol. The third-order valence-corrected chi connectivity index (χ3v) is 5.36. The summed E-state index contributed by atoms with van der Waals surface area (Å²) in [7, 11) is -3.51. The van der Waals surface area contributed by atoms with Crippen LogP contribution in [0.15, 0.2) is 28.7 Å². The van der Waals surface area contributed by atoms with E-state index in [1.54, 1.807) is 17.4 Å². The SMILES string of the molecule is Cc1sc(CNc2ccc(F)c(NS(C)(=O)=O)c2)cc1Br.